The van der Waals surface area contributed by atoms with Crippen molar-refractivity contribution in [3.63, 3.8) is 0 Å². The summed E-state index contributed by atoms with van der Waals surface area (Å²) in [6.07, 6.45) is -2.06. The van der Waals surface area contributed by atoms with E-state index in [1.165, 1.54) is 10.5 Å². The number of hydrogen-bond donors (Lipinski definition) is 2. The second-order valence-electron chi connectivity index (χ2n) is 6.25. The minimum Gasteiger partial charge on any atom is -0.331 e. The average Bonchev–Trinajstić information content (AvgIpc) is 2.62. The predicted molar refractivity (Wildman–Crippen MR) is 95.4 cm³/mol. The fraction of sp³-hybridized carbons (Fsp3) is 0.333. The van der Waals surface area contributed by atoms with Gasteiger partial charge in [0.05, 0.1) is 23.7 Å². The number of rotatable bonds is 4. The molecule has 8 heteroatoms. The molecule has 0 unspecified atom stereocenters. The van der Waals surface area contributed by atoms with Crippen LogP contribution in [0.5, 0.6) is 0 Å². The molecule has 138 valence electrons. The number of likely N-dealkylation sites (tertiary alicyclic amines) is 1. The van der Waals surface area contributed by atoms with Gasteiger partial charge in [-0.25, -0.2) is 4.98 Å². The van der Waals surface area contributed by atoms with Gasteiger partial charge in [0.1, 0.15) is 6.54 Å². The van der Waals surface area contributed by atoms with Crippen LogP contribution >= 0.6 is 11.6 Å². The van der Waals surface area contributed by atoms with E-state index < -0.39 is 11.7 Å². The minimum atomic E-state index is -4.46. The second kappa shape index (κ2) is 8.05. The van der Waals surface area contributed by atoms with E-state index in [-0.39, 0.29) is 10.8 Å². The van der Waals surface area contributed by atoms with Crippen LogP contribution in [-0.4, -0.2) is 23.8 Å². The molecule has 1 aliphatic heterocycles. The van der Waals surface area contributed by atoms with Gasteiger partial charge in [0.25, 0.3) is 0 Å². The summed E-state index contributed by atoms with van der Waals surface area (Å²) in [5, 5.41) is 4.17. The third-order valence-electron chi connectivity index (χ3n) is 4.32. The molecule has 4 nitrogen and oxygen atoms in total. The highest BCUT2D eigenvalue weighted by Crippen LogP contribution is 2.32. The number of anilines is 1. The maximum absolute atomic E-state index is 12.6. The van der Waals surface area contributed by atoms with Gasteiger partial charge < -0.3 is 4.90 Å². The van der Waals surface area contributed by atoms with E-state index >= 15 is 0 Å². The van der Waals surface area contributed by atoms with Crippen molar-refractivity contribution < 1.29 is 18.1 Å². The van der Waals surface area contributed by atoms with Gasteiger partial charge in [0.15, 0.2) is 5.82 Å². The first-order chi connectivity index (χ1) is 12.4. The van der Waals surface area contributed by atoms with Gasteiger partial charge in [0.2, 0.25) is 0 Å². The molecule has 0 radical (unpaired) electrons. The number of halogens is 4. The maximum atomic E-state index is 12.6. The molecule has 0 amide bonds. The zero-order valence-corrected chi connectivity index (χ0v) is 14.7. The number of benzene rings is 1. The zero-order chi connectivity index (χ0) is 18.6. The Labute approximate surface area is 154 Å². The number of quaternary nitrogens is 1. The third-order valence-corrected chi connectivity index (χ3v) is 4.61. The summed E-state index contributed by atoms with van der Waals surface area (Å²) in [4.78, 5) is 5.21. The van der Waals surface area contributed by atoms with Crippen molar-refractivity contribution in [2.24, 2.45) is 5.10 Å². The van der Waals surface area contributed by atoms with E-state index in [1.54, 1.807) is 0 Å². The summed E-state index contributed by atoms with van der Waals surface area (Å²) in [5.41, 5.74) is 4.10. The number of hydrazone groups is 1. The summed E-state index contributed by atoms with van der Waals surface area (Å²) in [6.45, 7) is 2.90. The van der Waals surface area contributed by atoms with Crippen LogP contribution in [0.25, 0.3) is 0 Å². The molecule has 0 atom stereocenters. The standard InChI is InChI=1S/C18H18ClF3N4/c19-16-10-14(18(20,21)22)11-23-17(16)25-24-15-6-8-26(9-7-15)12-13-4-2-1-3-5-13/h1-5,10-11H,6-9,12H2,(H,23,25)/p+1. The topological polar surface area (TPSA) is 41.7 Å². The van der Waals surface area contributed by atoms with E-state index in [0.717, 1.165) is 50.5 Å². The highest BCUT2D eigenvalue weighted by molar-refractivity contribution is 6.33. The lowest BCUT2D eigenvalue weighted by atomic mass is 10.1. The first-order valence-corrected chi connectivity index (χ1v) is 8.71. The Kier molecular flexibility index (Phi) is 5.78. The second-order valence-corrected chi connectivity index (χ2v) is 6.66. The first kappa shape index (κ1) is 18.7. The molecule has 0 aliphatic carbocycles. The fourth-order valence-corrected chi connectivity index (χ4v) is 3.08. The van der Waals surface area contributed by atoms with Crippen molar-refractivity contribution in [1.29, 1.82) is 0 Å². The highest BCUT2D eigenvalue weighted by atomic mass is 35.5. The van der Waals surface area contributed by atoms with Crippen LogP contribution in [0.4, 0.5) is 19.0 Å². The summed E-state index contributed by atoms with van der Waals surface area (Å²) in [6, 6.07) is 11.2. The molecule has 1 aliphatic rings. The molecule has 1 fully saturated rings. The van der Waals surface area contributed by atoms with E-state index in [4.69, 9.17) is 11.6 Å². The molecule has 1 aromatic heterocycles. The van der Waals surface area contributed by atoms with Crippen LogP contribution in [0.1, 0.15) is 24.0 Å². The quantitative estimate of drug-likeness (QED) is 0.794. The van der Waals surface area contributed by atoms with Crippen molar-refractivity contribution in [2.75, 3.05) is 18.5 Å². The van der Waals surface area contributed by atoms with Gasteiger partial charge in [-0.05, 0) is 6.07 Å². The van der Waals surface area contributed by atoms with E-state index in [1.807, 2.05) is 18.2 Å². The number of hydrogen-bond acceptors (Lipinski definition) is 3. The van der Waals surface area contributed by atoms with Gasteiger partial charge >= 0.3 is 6.18 Å². The largest absolute Gasteiger partial charge is 0.417 e. The van der Waals surface area contributed by atoms with Crippen molar-refractivity contribution in [3.05, 3.63) is 58.7 Å². The molecule has 3 rings (SSSR count). The maximum Gasteiger partial charge on any atom is 0.417 e. The Morgan fingerprint density at radius 2 is 1.85 bits per heavy atom. The number of piperidine rings is 1. The Hall–Kier alpha value is -2.12. The first-order valence-electron chi connectivity index (χ1n) is 8.33. The Morgan fingerprint density at radius 1 is 1.15 bits per heavy atom. The molecular weight excluding hydrogens is 365 g/mol. The van der Waals surface area contributed by atoms with E-state index in [9.17, 15) is 13.2 Å². The van der Waals surface area contributed by atoms with Gasteiger partial charge in [-0.1, -0.05) is 41.9 Å². The number of nitrogens with one attached hydrogen (secondary N) is 2. The normalized spacial score (nSPS) is 17.8. The Bertz CT molecular complexity index is 768. The Balaban J connectivity index is 1.54. The molecule has 0 spiro atoms. The lowest BCUT2D eigenvalue weighted by Gasteiger charge is -2.24. The Morgan fingerprint density at radius 3 is 2.46 bits per heavy atom. The van der Waals surface area contributed by atoms with Crippen LogP contribution in [-0.2, 0) is 12.7 Å². The number of nitrogens with zero attached hydrogens (tertiary/aromatic N) is 2. The highest BCUT2D eigenvalue weighted by Gasteiger charge is 2.31. The summed E-state index contributed by atoms with van der Waals surface area (Å²) in [7, 11) is 0. The molecule has 26 heavy (non-hydrogen) atoms. The van der Waals surface area contributed by atoms with E-state index in [2.05, 4.69) is 27.6 Å². The number of alkyl halides is 3. The van der Waals surface area contributed by atoms with Crippen molar-refractivity contribution in [3.8, 4) is 0 Å². The number of aromatic nitrogens is 1. The fourth-order valence-electron chi connectivity index (χ4n) is 2.87. The lowest BCUT2D eigenvalue weighted by Crippen LogP contribution is -3.11. The molecular formula is C18H19ClF3N4+. The molecule has 1 saturated heterocycles. The summed E-state index contributed by atoms with van der Waals surface area (Å²) >= 11 is 5.87. The van der Waals surface area contributed by atoms with Gasteiger partial charge in [-0.2, -0.15) is 18.3 Å². The number of pyridine rings is 1. The van der Waals surface area contributed by atoms with Crippen molar-refractivity contribution >= 4 is 23.1 Å². The molecule has 0 bridgehead atoms. The predicted octanol–water partition coefficient (Wildman–Crippen LogP) is 3.40. The molecule has 2 N–H and O–H groups in total. The zero-order valence-electron chi connectivity index (χ0n) is 14.0. The molecule has 0 saturated carbocycles. The minimum absolute atomic E-state index is 0.101. The third kappa shape index (κ3) is 4.95. The monoisotopic (exact) mass is 383 g/mol. The van der Waals surface area contributed by atoms with Crippen LogP contribution in [0.15, 0.2) is 47.7 Å². The van der Waals surface area contributed by atoms with Crippen molar-refractivity contribution in [1.82, 2.24) is 4.98 Å². The van der Waals surface area contributed by atoms with Crippen LogP contribution in [0.3, 0.4) is 0 Å². The van der Waals surface area contributed by atoms with Gasteiger partial charge in [-0.3, -0.25) is 5.43 Å². The van der Waals surface area contributed by atoms with Gasteiger partial charge in [-0.15, -0.1) is 0 Å². The van der Waals surface area contributed by atoms with Gasteiger partial charge in [0, 0.05) is 30.3 Å². The molecule has 2 heterocycles. The van der Waals surface area contributed by atoms with Crippen LogP contribution in [0, 0.1) is 0 Å². The summed E-state index contributed by atoms with van der Waals surface area (Å²) < 4.78 is 37.9. The van der Waals surface area contributed by atoms with Crippen LogP contribution in [0.2, 0.25) is 5.02 Å². The summed E-state index contributed by atoms with van der Waals surface area (Å²) in [5.74, 6) is 0.131. The smallest absolute Gasteiger partial charge is 0.331 e. The molecule has 1 aromatic carbocycles. The lowest BCUT2D eigenvalue weighted by molar-refractivity contribution is -0.914. The average molecular weight is 384 g/mol. The van der Waals surface area contributed by atoms with Crippen molar-refractivity contribution in [2.45, 2.75) is 25.6 Å². The SMILES string of the molecule is FC(F)(F)c1cnc(NN=C2CC[NH+](Cc3ccccc3)CC2)c(Cl)c1. The van der Waals surface area contributed by atoms with Crippen LogP contribution < -0.4 is 10.3 Å². The molecule has 2 aromatic rings. The van der Waals surface area contributed by atoms with E-state index in [0.29, 0.717) is 0 Å².